The Kier molecular flexibility index (Phi) is 3.19. The van der Waals surface area contributed by atoms with Gasteiger partial charge in [-0.05, 0) is 13.3 Å². The molecule has 0 radical (unpaired) electrons. The Bertz CT molecular complexity index is 790. The fourth-order valence-electron chi connectivity index (χ4n) is 2.69. The molecule has 0 unspecified atom stereocenters. The molecule has 0 saturated heterocycles. The summed E-state index contributed by atoms with van der Waals surface area (Å²) in [6.07, 6.45) is 3.84. The second kappa shape index (κ2) is 4.91. The van der Waals surface area contributed by atoms with E-state index in [0.717, 1.165) is 41.0 Å². The van der Waals surface area contributed by atoms with Crippen molar-refractivity contribution in [2.75, 3.05) is 5.73 Å². The Morgan fingerprint density at radius 2 is 2.00 bits per heavy atom. The van der Waals surface area contributed by atoms with Crippen molar-refractivity contribution in [3.8, 4) is 0 Å². The molecule has 3 aromatic rings. The van der Waals surface area contributed by atoms with E-state index in [9.17, 15) is 0 Å². The molecule has 7 nitrogen and oxygen atoms in total. The minimum absolute atomic E-state index is 0.526. The zero-order valence-electron chi connectivity index (χ0n) is 13.0. The Hall–Kier alpha value is -2.31. The van der Waals surface area contributed by atoms with Gasteiger partial charge in [-0.2, -0.15) is 10.2 Å². The number of nitrogen functional groups attached to an aromatic ring is 1. The van der Waals surface area contributed by atoms with Crippen LogP contribution in [0.2, 0.25) is 0 Å². The van der Waals surface area contributed by atoms with Crippen LogP contribution in [-0.2, 0) is 27.1 Å². The number of imidazole rings is 1. The quantitative estimate of drug-likeness (QED) is 0.786. The summed E-state index contributed by atoms with van der Waals surface area (Å²) in [5.41, 5.74) is 11.3. The number of hydrogen-bond donors (Lipinski definition) is 1. The molecular formula is C14H21N7. The molecule has 0 aliphatic heterocycles. The van der Waals surface area contributed by atoms with Crippen LogP contribution in [0.4, 0.5) is 5.95 Å². The van der Waals surface area contributed by atoms with Gasteiger partial charge in [0, 0.05) is 25.4 Å². The number of anilines is 1. The Labute approximate surface area is 123 Å². The summed E-state index contributed by atoms with van der Waals surface area (Å²) in [5.74, 6) is 0.526. The van der Waals surface area contributed by atoms with Gasteiger partial charge in [-0.25, -0.2) is 4.98 Å². The molecule has 0 atom stereocenters. The first-order valence-electron chi connectivity index (χ1n) is 7.18. The summed E-state index contributed by atoms with van der Waals surface area (Å²) in [6.45, 7) is 4.85. The number of aryl methyl sites for hydroxylation is 3. The molecule has 0 aromatic carbocycles. The SMILES string of the molecule is CCCc1nn(C)c2c1nc(N)n2Cc1cnn(C)c1C. The van der Waals surface area contributed by atoms with Crippen molar-refractivity contribution in [3.05, 3.63) is 23.1 Å². The summed E-state index contributed by atoms with van der Waals surface area (Å²) in [4.78, 5) is 4.52. The summed E-state index contributed by atoms with van der Waals surface area (Å²) >= 11 is 0. The molecular weight excluding hydrogens is 266 g/mol. The molecule has 0 aliphatic carbocycles. The van der Waals surface area contributed by atoms with Crippen molar-refractivity contribution in [2.45, 2.75) is 33.2 Å². The molecule has 112 valence electrons. The molecule has 3 heterocycles. The average Bonchev–Trinajstić information content (AvgIpc) is 3.03. The summed E-state index contributed by atoms with van der Waals surface area (Å²) in [5, 5.41) is 8.85. The lowest BCUT2D eigenvalue weighted by Crippen LogP contribution is -2.08. The van der Waals surface area contributed by atoms with E-state index in [1.165, 1.54) is 0 Å². The van der Waals surface area contributed by atoms with E-state index in [4.69, 9.17) is 5.73 Å². The van der Waals surface area contributed by atoms with E-state index in [0.29, 0.717) is 12.5 Å². The molecule has 0 amide bonds. The fourth-order valence-corrected chi connectivity index (χ4v) is 2.69. The third-order valence-electron chi connectivity index (χ3n) is 3.97. The summed E-state index contributed by atoms with van der Waals surface area (Å²) in [7, 11) is 3.88. The van der Waals surface area contributed by atoms with Crippen molar-refractivity contribution in [1.82, 2.24) is 29.1 Å². The minimum atomic E-state index is 0.526. The highest BCUT2D eigenvalue weighted by atomic mass is 15.3. The van der Waals surface area contributed by atoms with Gasteiger partial charge >= 0.3 is 0 Å². The number of nitrogens with two attached hydrogens (primary N) is 1. The van der Waals surface area contributed by atoms with E-state index in [2.05, 4.69) is 29.0 Å². The summed E-state index contributed by atoms with van der Waals surface area (Å²) in [6, 6.07) is 0. The van der Waals surface area contributed by atoms with Crippen LogP contribution >= 0.6 is 0 Å². The van der Waals surface area contributed by atoms with Gasteiger partial charge < -0.3 is 5.73 Å². The van der Waals surface area contributed by atoms with Crippen LogP contribution in [0.1, 0.15) is 30.3 Å². The highest BCUT2D eigenvalue weighted by Crippen LogP contribution is 2.23. The molecule has 0 aliphatic rings. The zero-order chi connectivity index (χ0) is 15.1. The molecule has 7 heteroatoms. The van der Waals surface area contributed by atoms with Crippen LogP contribution in [0.5, 0.6) is 0 Å². The van der Waals surface area contributed by atoms with Crippen molar-refractivity contribution in [2.24, 2.45) is 14.1 Å². The Morgan fingerprint density at radius 1 is 1.24 bits per heavy atom. The monoisotopic (exact) mass is 287 g/mol. The predicted octanol–water partition coefficient (Wildman–Crippen LogP) is 1.39. The number of hydrogen-bond acceptors (Lipinski definition) is 4. The normalized spacial score (nSPS) is 11.6. The number of nitrogens with zero attached hydrogens (tertiary/aromatic N) is 6. The second-order valence-corrected chi connectivity index (χ2v) is 5.43. The van der Waals surface area contributed by atoms with Crippen LogP contribution in [0.3, 0.4) is 0 Å². The number of aromatic nitrogens is 6. The first-order chi connectivity index (χ1) is 10.0. The maximum absolute atomic E-state index is 6.12. The van der Waals surface area contributed by atoms with E-state index in [1.807, 2.05) is 34.2 Å². The van der Waals surface area contributed by atoms with Crippen molar-refractivity contribution < 1.29 is 0 Å². The van der Waals surface area contributed by atoms with Gasteiger partial charge in [-0.15, -0.1) is 0 Å². The topological polar surface area (TPSA) is 79.5 Å². The lowest BCUT2D eigenvalue weighted by Gasteiger charge is -2.06. The van der Waals surface area contributed by atoms with Crippen LogP contribution in [0, 0.1) is 6.92 Å². The van der Waals surface area contributed by atoms with Crippen LogP contribution < -0.4 is 5.73 Å². The molecule has 3 aromatic heterocycles. The second-order valence-electron chi connectivity index (χ2n) is 5.43. The van der Waals surface area contributed by atoms with Crippen molar-refractivity contribution >= 4 is 17.1 Å². The van der Waals surface area contributed by atoms with E-state index >= 15 is 0 Å². The molecule has 0 bridgehead atoms. The van der Waals surface area contributed by atoms with E-state index in [-0.39, 0.29) is 0 Å². The Balaban J connectivity index is 2.10. The van der Waals surface area contributed by atoms with Gasteiger partial charge in [0.25, 0.3) is 0 Å². The number of fused-ring (bicyclic) bond motifs is 1. The smallest absolute Gasteiger partial charge is 0.202 e. The molecule has 2 N–H and O–H groups in total. The third kappa shape index (κ3) is 2.09. The van der Waals surface area contributed by atoms with Gasteiger partial charge in [-0.3, -0.25) is 13.9 Å². The lowest BCUT2D eigenvalue weighted by molar-refractivity contribution is 0.707. The average molecular weight is 287 g/mol. The lowest BCUT2D eigenvalue weighted by atomic mass is 10.2. The van der Waals surface area contributed by atoms with Gasteiger partial charge in [0.2, 0.25) is 5.95 Å². The van der Waals surface area contributed by atoms with Gasteiger partial charge in [-0.1, -0.05) is 13.3 Å². The van der Waals surface area contributed by atoms with Gasteiger partial charge in [0.1, 0.15) is 5.52 Å². The largest absolute Gasteiger partial charge is 0.369 e. The van der Waals surface area contributed by atoms with E-state index in [1.54, 1.807) is 0 Å². The van der Waals surface area contributed by atoms with Crippen molar-refractivity contribution in [3.63, 3.8) is 0 Å². The van der Waals surface area contributed by atoms with Gasteiger partial charge in [0.15, 0.2) is 5.65 Å². The van der Waals surface area contributed by atoms with Gasteiger partial charge in [0.05, 0.1) is 18.4 Å². The van der Waals surface area contributed by atoms with E-state index < -0.39 is 0 Å². The van der Waals surface area contributed by atoms with Crippen LogP contribution in [-0.4, -0.2) is 29.1 Å². The maximum atomic E-state index is 6.12. The molecule has 0 saturated carbocycles. The highest BCUT2D eigenvalue weighted by Gasteiger charge is 2.18. The summed E-state index contributed by atoms with van der Waals surface area (Å²) < 4.78 is 5.74. The molecule has 3 rings (SSSR count). The highest BCUT2D eigenvalue weighted by molar-refractivity contribution is 5.78. The molecule has 0 fully saturated rings. The first kappa shape index (κ1) is 13.7. The first-order valence-corrected chi connectivity index (χ1v) is 7.18. The van der Waals surface area contributed by atoms with Crippen LogP contribution in [0.25, 0.3) is 11.2 Å². The molecule has 0 spiro atoms. The molecule has 21 heavy (non-hydrogen) atoms. The predicted molar refractivity (Wildman–Crippen MR) is 82.0 cm³/mol. The zero-order valence-corrected chi connectivity index (χ0v) is 13.0. The van der Waals surface area contributed by atoms with Crippen LogP contribution in [0.15, 0.2) is 6.20 Å². The minimum Gasteiger partial charge on any atom is -0.369 e. The van der Waals surface area contributed by atoms with Crippen molar-refractivity contribution in [1.29, 1.82) is 0 Å². The number of rotatable bonds is 4. The Morgan fingerprint density at radius 3 is 2.62 bits per heavy atom. The fraction of sp³-hybridized carbons (Fsp3) is 0.500. The maximum Gasteiger partial charge on any atom is 0.202 e. The standard InChI is InChI=1S/C14H21N7/c1-5-6-11-12-13(20(4)18-11)21(14(15)17-12)8-10-7-16-19(3)9(10)2/h7H,5-6,8H2,1-4H3,(H2,15,17). The third-order valence-corrected chi connectivity index (χ3v) is 3.97.